The van der Waals surface area contributed by atoms with Gasteiger partial charge >= 0.3 is 14.2 Å². The van der Waals surface area contributed by atoms with E-state index in [1.165, 1.54) is 0 Å². The highest BCUT2D eigenvalue weighted by atomic mass is 16.7. The number of hydrogen-bond acceptors (Lipinski definition) is 10. The summed E-state index contributed by atoms with van der Waals surface area (Å²) in [5.74, 6) is 0.631. The Labute approximate surface area is 283 Å². The van der Waals surface area contributed by atoms with E-state index in [9.17, 15) is 0 Å². The van der Waals surface area contributed by atoms with E-state index >= 15 is 0 Å². The predicted octanol–water partition coefficient (Wildman–Crippen LogP) is 2.63. The van der Waals surface area contributed by atoms with Crippen LogP contribution in [0.1, 0.15) is 81.1 Å². The van der Waals surface area contributed by atoms with Gasteiger partial charge in [0.05, 0.1) is 46.4 Å². The standard InChI is InChI=1S/2C16H22BN5O2/c2*1-14(2)15(3,4)24-17(23-14)12-9-22(21-13(12)19)16(10-20-5)6-11(7-16)8-18/h2*9,11H,6-7,10H2,1-4H3,(H2,19,21). The topological polar surface area (TPSA) is 181 Å². The number of hydrogen-bond donors (Lipinski definition) is 2. The summed E-state index contributed by atoms with van der Waals surface area (Å²) in [7, 11) is -1.17. The Morgan fingerprint density at radius 2 is 1.00 bits per heavy atom. The average molecular weight is 654 g/mol. The zero-order valence-electron chi connectivity index (χ0n) is 29.1. The van der Waals surface area contributed by atoms with Gasteiger partial charge in [-0.1, -0.05) is 0 Å². The number of aromatic nitrogens is 4. The van der Waals surface area contributed by atoms with E-state index in [1.54, 1.807) is 9.36 Å². The zero-order valence-corrected chi connectivity index (χ0v) is 29.1. The molecule has 2 saturated carbocycles. The smallest absolute Gasteiger partial charge is 0.399 e. The minimum absolute atomic E-state index is 0.0301. The Balaban J connectivity index is 0.000000188. The molecule has 2 aromatic heterocycles. The van der Waals surface area contributed by atoms with Crippen LogP contribution in [0.15, 0.2) is 12.4 Å². The molecule has 6 rings (SSSR count). The maximum Gasteiger partial charge on any atom is 0.500 e. The zero-order chi connectivity index (χ0) is 35.5. The quantitative estimate of drug-likeness (QED) is 0.347. The molecule has 4 fully saturated rings. The molecule has 252 valence electrons. The van der Waals surface area contributed by atoms with Crippen molar-refractivity contribution in [2.24, 2.45) is 11.8 Å². The Bertz CT molecular complexity index is 1570. The average Bonchev–Trinajstić information content (AvgIpc) is 3.64. The first-order valence-corrected chi connectivity index (χ1v) is 16.2. The number of nitriles is 2. The van der Waals surface area contributed by atoms with Gasteiger partial charge in [-0.2, -0.15) is 20.7 Å². The molecule has 2 aliphatic carbocycles. The fourth-order valence-corrected chi connectivity index (χ4v) is 6.56. The minimum Gasteiger partial charge on any atom is -0.399 e. The summed E-state index contributed by atoms with van der Waals surface area (Å²) in [6.45, 7) is 30.9. The second-order valence-electron chi connectivity index (χ2n) is 15.6. The van der Waals surface area contributed by atoms with Gasteiger partial charge in [-0.25, -0.2) is 13.1 Å². The molecule has 48 heavy (non-hydrogen) atoms. The fraction of sp³-hybridized carbons (Fsp3) is 0.688. The van der Waals surface area contributed by atoms with Gasteiger partial charge in [-0.15, -0.1) is 0 Å². The number of nitrogens with zero attached hydrogens (tertiary/aromatic N) is 8. The lowest BCUT2D eigenvalue weighted by atomic mass is 9.69. The first-order chi connectivity index (χ1) is 22.3. The highest BCUT2D eigenvalue weighted by Gasteiger charge is 2.56. The van der Waals surface area contributed by atoms with Crippen LogP contribution in [0.2, 0.25) is 0 Å². The van der Waals surface area contributed by atoms with Crippen LogP contribution in [0.4, 0.5) is 11.6 Å². The lowest BCUT2D eigenvalue weighted by molar-refractivity contribution is 0.00578. The van der Waals surface area contributed by atoms with Gasteiger partial charge in [0.1, 0.15) is 22.7 Å². The number of anilines is 2. The molecule has 0 atom stereocenters. The van der Waals surface area contributed by atoms with E-state index in [2.05, 4.69) is 32.0 Å². The van der Waals surface area contributed by atoms with Crippen molar-refractivity contribution in [3.05, 3.63) is 35.2 Å². The molecule has 0 unspecified atom stereocenters. The second-order valence-corrected chi connectivity index (χ2v) is 15.6. The van der Waals surface area contributed by atoms with E-state index in [0.29, 0.717) is 48.2 Å². The van der Waals surface area contributed by atoms with Crippen molar-refractivity contribution in [2.75, 3.05) is 24.6 Å². The van der Waals surface area contributed by atoms with Crippen molar-refractivity contribution in [3.63, 3.8) is 0 Å². The Morgan fingerprint density at radius 1 is 0.708 bits per heavy atom. The van der Waals surface area contributed by atoms with E-state index in [1.807, 2.05) is 67.8 Å². The maximum absolute atomic E-state index is 9.06. The lowest BCUT2D eigenvalue weighted by Crippen LogP contribution is -2.48. The van der Waals surface area contributed by atoms with Gasteiger partial charge in [0, 0.05) is 23.3 Å². The van der Waals surface area contributed by atoms with Crippen LogP contribution in [-0.2, 0) is 29.7 Å². The fourth-order valence-electron chi connectivity index (χ4n) is 6.56. The van der Waals surface area contributed by atoms with Gasteiger partial charge in [0.2, 0.25) is 13.1 Å². The lowest BCUT2D eigenvalue weighted by Gasteiger charge is -2.40. The summed E-state index contributed by atoms with van der Waals surface area (Å²) in [5.41, 5.74) is 10.8. The molecule has 0 bridgehead atoms. The normalized spacial score (nSPS) is 30.4. The third-order valence-electron chi connectivity index (χ3n) is 11.1. The van der Waals surface area contributed by atoms with E-state index < -0.39 is 47.7 Å². The second kappa shape index (κ2) is 11.8. The highest BCUT2D eigenvalue weighted by molar-refractivity contribution is 6.64. The number of rotatable bonds is 6. The van der Waals surface area contributed by atoms with Crippen LogP contribution in [0, 0.1) is 47.6 Å². The first kappa shape index (κ1) is 35.3. The SMILES string of the molecule is [C-]#[N+]CC1(n2cc(B3OC(C)(C)C(C)(C)O3)c(N)n2)CC(C#N)C1.[C-]#[N+]CC1(n2cc(B3OC(C)(C)C(C)(C)O3)c(N)n2)CC(C#N)C1. The Hall–Kier alpha value is -4.05. The number of nitrogens with two attached hydrogens (primary N) is 2. The molecule has 0 amide bonds. The van der Waals surface area contributed by atoms with Crippen molar-refractivity contribution >= 4 is 36.8 Å². The summed E-state index contributed by atoms with van der Waals surface area (Å²) < 4.78 is 27.7. The van der Waals surface area contributed by atoms with Crippen LogP contribution in [-0.4, -0.2) is 69.3 Å². The Morgan fingerprint density at radius 3 is 1.25 bits per heavy atom. The van der Waals surface area contributed by atoms with Gasteiger partial charge in [-0.05, 0) is 81.1 Å². The van der Waals surface area contributed by atoms with Crippen LogP contribution >= 0.6 is 0 Å². The van der Waals surface area contributed by atoms with Crippen LogP contribution < -0.4 is 22.4 Å². The van der Waals surface area contributed by atoms with Crippen LogP contribution in [0.25, 0.3) is 9.69 Å². The summed E-state index contributed by atoms with van der Waals surface area (Å²) in [5, 5.41) is 26.9. The summed E-state index contributed by atoms with van der Waals surface area (Å²) >= 11 is 0. The van der Waals surface area contributed by atoms with Crippen molar-refractivity contribution in [1.82, 2.24) is 19.6 Å². The van der Waals surface area contributed by atoms with Gasteiger partial charge in [0.25, 0.3) is 0 Å². The monoisotopic (exact) mass is 654 g/mol. The first-order valence-electron chi connectivity index (χ1n) is 16.2. The van der Waals surface area contributed by atoms with Crippen LogP contribution in [0.3, 0.4) is 0 Å². The maximum atomic E-state index is 9.06. The molecule has 16 heteroatoms. The molecule has 4 N–H and O–H groups in total. The van der Waals surface area contributed by atoms with Gasteiger partial charge in [0.15, 0.2) is 0 Å². The highest BCUT2D eigenvalue weighted by Crippen LogP contribution is 2.45. The van der Waals surface area contributed by atoms with E-state index in [4.69, 9.17) is 53.8 Å². The molecule has 4 aliphatic rings. The summed E-state index contributed by atoms with van der Waals surface area (Å²) in [4.78, 5) is 7.07. The molecular formula is C32H44B2N10O4. The van der Waals surface area contributed by atoms with Gasteiger partial charge < -0.3 is 39.8 Å². The summed E-state index contributed by atoms with van der Waals surface area (Å²) in [6.07, 6.45) is 6.11. The Kier molecular flexibility index (Phi) is 8.69. The molecule has 0 radical (unpaired) electrons. The molecule has 14 nitrogen and oxygen atoms in total. The van der Waals surface area contributed by atoms with Crippen LogP contribution in [0.5, 0.6) is 0 Å². The van der Waals surface area contributed by atoms with Crippen molar-refractivity contribution in [3.8, 4) is 12.1 Å². The summed E-state index contributed by atoms with van der Waals surface area (Å²) in [6, 6.07) is 4.52. The molecule has 0 aromatic carbocycles. The van der Waals surface area contributed by atoms with Gasteiger partial charge in [-0.3, -0.25) is 9.36 Å². The molecule has 0 spiro atoms. The van der Waals surface area contributed by atoms with Crippen molar-refractivity contribution in [1.29, 1.82) is 10.5 Å². The third-order valence-corrected chi connectivity index (χ3v) is 11.1. The predicted molar refractivity (Wildman–Crippen MR) is 180 cm³/mol. The van der Waals surface area contributed by atoms with Crippen molar-refractivity contribution < 1.29 is 18.6 Å². The third kappa shape index (κ3) is 5.82. The molecule has 2 saturated heterocycles. The molecule has 2 aromatic rings. The number of nitrogen functional groups attached to an aromatic ring is 2. The van der Waals surface area contributed by atoms with Crippen molar-refractivity contribution in [2.45, 2.75) is 115 Å². The minimum atomic E-state index is -0.583. The largest absolute Gasteiger partial charge is 0.500 e. The molecular weight excluding hydrogens is 610 g/mol. The molecule has 2 aliphatic heterocycles. The molecule has 4 heterocycles. The van der Waals surface area contributed by atoms with E-state index in [-0.39, 0.29) is 24.9 Å². The van der Waals surface area contributed by atoms with E-state index in [0.717, 1.165) is 0 Å².